The number of aromatic nitrogens is 2. The maximum atomic E-state index is 10.6. The maximum Gasteiger partial charge on any atom is 0.345 e. The molecule has 6 heteroatoms. The number of carbonyl (C=O) groups is 1. The monoisotopic (exact) mass is 240 g/mol. The first kappa shape index (κ1) is 10.3. The molecule has 0 bridgehead atoms. The Labute approximate surface area is 94.4 Å². The molecule has 0 aromatic carbocycles. The number of aromatic amines is 1. The van der Waals surface area contributed by atoms with E-state index in [0.29, 0.717) is 4.88 Å². The smallest absolute Gasteiger partial charge is 0.345 e. The van der Waals surface area contributed by atoms with Crippen LogP contribution >= 0.6 is 23.1 Å². The molecule has 2 aromatic rings. The Morgan fingerprint density at radius 1 is 1.60 bits per heavy atom. The molecule has 0 saturated heterocycles. The molecule has 0 aliphatic carbocycles. The topological polar surface area (TPSA) is 66.0 Å². The zero-order chi connectivity index (χ0) is 10.7. The van der Waals surface area contributed by atoms with E-state index in [1.807, 2.05) is 6.07 Å². The number of rotatable bonds is 4. The lowest BCUT2D eigenvalue weighted by atomic mass is 10.4. The van der Waals surface area contributed by atoms with E-state index >= 15 is 0 Å². The van der Waals surface area contributed by atoms with Gasteiger partial charge in [-0.05, 0) is 12.1 Å². The molecule has 4 nitrogen and oxygen atoms in total. The van der Waals surface area contributed by atoms with Crippen LogP contribution in [0.4, 0.5) is 0 Å². The van der Waals surface area contributed by atoms with Crippen LogP contribution in [0.15, 0.2) is 29.7 Å². The number of nitrogens with zero attached hydrogens (tertiary/aromatic N) is 1. The van der Waals surface area contributed by atoms with Crippen molar-refractivity contribution >= 4 is 29.1 Å². The summed E-state index contributed by atoms with van der Waals surface area (Å²) in [5.41, 5.74) is 0. The molecular formula is C9H8N2O2S2. The largest absolute Gasteiger partial charge is 0.477 e. The summed E-state index contributed by atoms with van der Waals surface area (Å²) in [6.07, 6.45) is 3.46. The highest BCUT2D eigenvalue weighted by atomic mass is 32.2. The van der Waals surface area contributed by atoms with E-state index in [1.54, 1.807) is 30.2 Å². The lowest BCUT2D eigenvalue weighted by Crippen LogP contribution is -1.89. The first-order valence-electron chi connectivity index (χ1n) is 4.20. The molecule has 0 aliphatic rings. The normalized spacial score (nSPS) is 10.4. The number of nitrogens with one attached hydrogen (secondary N) is 1. The predicted octanol–water partition coefficient (Wildman–Crippen LogP) is 2.46. The molecule has 2 aromatic heterocycles. The highest BCUT2D eigenvalue weighted by Crippen LogP contribution is 2.24. The van der Waals surface area contributed by atoms with Crippen LogP contribution in [0.5, 0.6) is 0 Å². The van der Waals surface area contributed by atoms with Gasteiger partial charge < -0.3 is 10.1 Å². The third-order valence-corrected chi connectivity index (χ3v) is 3.90. The molecule has 0 radical (unpaired) electrons. The maximum absolute atomic E-state index is 10.6. The third kappa shape index (κ3) is 2.60. The second-order valence-electron chi connectivity index (χ2n) is 2.75. The van der Waals surface area contributed by atoms with Crippen molar-refractivity contribution in [3.8, 4) is 0 Å². The van der Waals surface area contributed by atoms with Gasteiger partial charge >= 0.3 is 5.97 Å². The first-order valence-corrected chi connectivity index (χ1v) is 6.00. The Bertz CT molecular complexity index is 450. The van der Waals surface area contributed by atoms with E-state index in [1.165, 1.54) is 11.3 Å². The van der Waals surface area contributed by atoms with Crippen LogP contribution in [-0.4, -0.2) is 21.0 Å². The molecule has 15 heavy (non-hydrogen) atoms. The quantitative estimate of drug-likeness (QED) is 0.806. The van der Waals surface area contributed by atoms with E-state index < -0.39 is 5.97 Å². The summed E-state index contributed by atoms with van der Waals surface area (Å²) < 4.78 is 0. The summed E-state index contributed by atoms with van der Waals surface area (Å²) in [7, 11) is 0. The summed E-state index contributed by atoms with van der Waals surface area (Å²) in [6.45, 7) is 0. The van der Waals surface area contributed by atoms with E-state index in [0.717, 1.165) is 15.8 Å². The Morgan fingerprint density at radius 2 is 2.47 bits per heavy atom. The van der Waals surface area contributed by atoms with Gasteiger partial charge in [-0.3, -0.25) is 0 Å². The lowest BCUT2D eigenvalue weighted by Gasteiger charge is -1.93. The van der Waals surface area contributed by atoms with Gasteiger partial charge in [0.2, 0.25) is 0 Å². The van der Waals surface area contributed by atoms with Crippen LogP contribution < -0.4 is 0 Å². The molecular weight excluding hydrogens is 232 g/mol. The minimum absolute atomic E-state index is 0.380. The molecule has 2 heterocycles. The van der Waals surface area contributed by atoms with Gasteiger partial charge in [-0.2, -0.15) is 0 Å². The molecule has 78 valence electrons. The van der Waals surface area contributed by atoms with Gasteiger partial charge in [-0.15, -0.1) is 11.3 Å². The van der Waals surface area contributed by atoms with Crippen LogP contribution in [-0.2, 0) is 5.75 Å². The number of thioether (sulfide) groups is 1. The molecule has 0 unspecified atom stereocenters. The zero-order valence-electron chi connectivity index (χ0n) is 7.64. The average molecular weight is 240 g/mol. The Hall–Kier alpha value is -1.27. The summed E-state index contributed by atoms with van der Waals surface area (Å²) in [6, 6.07) is 3.47. The Balaban J connectivity index is 1.96. The first-order chi connectivity index (χ1) is 7.25. The number of aromatic carboxylic acids is 1. The fourth-order valence-electron chi connectivity index (χ4n) is 1.04. The van der Waals surface area contributed by atoms with Crippen molar-refractivity contribution in [1.82, 2.24) is 9.97 Å². The van der Waals surface area contributed by atoms with E-state index in [9.17, 15) is 4.79 Å². The van der Waals surface area contributed by atoms with Crippen LogP contribution in [0.2, 0.25) is 0 Å². The van der Waals surface area contributed by atoms with Crippen LogP contribution in [0.25, 0.3) is 0 Å². The molecule has 2 rings (SSSR count). The van der Waals surface area contributed by atoms with Gasteiger partial charge in [0.05, 0.1) is 0 Å². The zero-order valence-corrected chi connectivity index (χ0v) is 9.27. The van der Waals surface area contributed by atoms with Crippen molar-refractivity contribution in [2.45, 2.75) is 10.9 Å². The highest BCUT2D eigenvalue weighted by Gasteiger charge is 2.07. The summed E-state index contributed by atoms with van der Waals surface area (Å²) in [5.74, 6) is -0.125. The van der Waals surface area contributed by atoms with Gasteiger partial charge in [0.1, 0.15) is 4.88 Å². The standard InChI is InChI=1S/C9H8N2O2S2/c12-8(13)7-2-1-6(15-7)5-14-9-10-3-4-11-9/h1-4H,5H2,(H,10,11)(H,12,13). The second-order valence-corrected chi connectivity index (χ2v) is 4.89. The Morgan fingerprint density at radius 3 is 3.07 bits per heavy atom. The van der Waals surface area contributed by atoms with Crippen molar-refractivity contribution < 1.29 is 9.90 Å². The number of carboxylic acid groups (broad SMARTS) is 1. The van der Waals surface area contributed by atoms with Crippen LogP contribution in [0.3, 0.4) is 0 Å². The molecule has 2 N–H and O–H groups in total. The summed E-state index contributed by atoms with van der Waals surface area (Å²) in [4.78, 5) is 19.1. The fraction of sp³-hybridized carbons (Fsp3) is 0.111. The molecule has 0 saturated carbocycles. The average Bonchev–Trinajstić information content (AvgIpc) is 2.86. The van der Waals surface area contributed by atoms with Crippen molar-refractivity contribution in [3.63, 3.8) is 0 Å². The number of hydrogen-bond donors (Lipinski definition) is 2. The van der Waals surface area contributed by atoms with Crippen molar-refractivity contribution in [2.24, 2.45) is 0 Å². The number of thiophene rings is 1. The van der Waals surface area contributed by atoms with Gasteiger partial charge in [0, 0.05) is 23.0 Å². The third-order valence-electron chi connectivity index (χ3n) is 1.70. The van der Waals surface area contributed by atoms with Crippen molar-refractivity contribution in [3.05, 3.63) is 34.3 Å². The van der Waals surface area contributed by atoms with Gasteiger partial charge in [0.25, 0.3) is 0 Å². The van der Waals surface area contributed by atoms with Crippen molar-refractivity contribution in [1.29, 1.82) is 0 Å². The summed E-state index contributed by atoms with van der Waals surface area (Å²) >= 11 is 2.86. The molecule has 0 aliphatic heterocycles. The molecule has 0 fully saturated rings. The van der Waals surface area contributed by atoms with Gasteiger partial charge in [-0.1, -0.05) is 11.8 Å². The number of carboxylic acids is 1. The lowest BCUT2D eigenvalue weighted by molar-refractivity contribution is 0.0702. The fourth-order valence-corrected chi connectivity index (χ4v) is 2.76. The Kier molecular flexibility index (Phi) is 3.08. The molecule has 0 atom stereocenters. The SMILES string of the molecule is O=C(O)c1ccc(CSc2ncc[nH]2)s1. The van der Waals surface area contributed by atoms with Gasteiger partial charge in [-0.25, -0.2) is 9.78 Å². The minimum Gasteiger partial charge on any atom is -0.477 e. The highest BCUT2D eigenvalue weighted by molar-refractivity contribution is 7.98. The number of imidazole rings is 1. The molecule has 0 amide bonds. The van der Waals surface area contributed by atoms with Gasteiger partial charge in [0.15, 0.2) is 5.16 Å². The van der Waals surface area contributed by atoms with Crippen LogP contribution in [0, 0.1) is 0 Å². The van der Waals surface area contributed by atoms with E-state index in [4.69, 9.17) is 5.11 Å². The van der Waals surface area contributed by atoms with Crippen molar-refractivity contribution in [2.75, 3.05) is 0 Å². The summed E-state index contributed by atoms with van der Waals surface area (Å²) in [5, 5.41) is 9.58. The number of H-pyrrole nitrogens is 1. The predicted molar refractivity (Wildman–Crippen MR) is 59.4 cm³/mol. The molecule has 0 spiro atoms. The minimum atomic E-state index is -0.866. The van der Waals surface area contributed by atoms with E-state index in [-0.39, 0.29) is 0 Å². The van der Waals surface area contributed by atoms with E-state index in [2.05, 4.69) is 9.97 Å². The number of hydrogen-bond acceptors (Lipinski definition) is 4. The van der Waals surface area contributed by atoms with Crippen LogP contribution in [0.1, 0.15) is 14.5 Å². The second kappa shape index (κ2) is 4.50.